The van der Waals surface area contributed by atoms with Crippen LogP contribution in [0, 0.1) is 5.92 Å². The lowest BCUT2D eigenvalue weighted by molar-refractivity contribution is -0.117. The van der Waals surface area contributed by atoms with Crippen molar-refractivity contribution in [2.75, 3.05) is 17.2 Å². The normalized spacial score (nSPS) is 13.2. The molecule has 124 valence electrons. The molecule has 1 saturated carbocycles. The van der Waals surface area contributed by atoms with Gasteiger partial charge in [0.05, 0.1) is 12.2 Å². The number of para-hydroxylation sites is 1. The standard InChI is InChI=1S/C19H20N2O3/c1-2-24-17-9-4-3-8-16(17)19(23)21-15-7-5-6-14(12-15)20-18(22)13-10-11-13/h3-9,12-13H,2,10-11H2,1H3,(H,20,22)(H,21,23). The second kappa shape index (κ2) is 7.17. The summed E-state index contributed by atoms with van der Waals surface area (Å²) in [6, 6.07) is 14.3. The predicted octanol–water partition coefficient (Wildman–Crippen LogP) is 3.69. The lowest BCUT2D eigenvalue weighted by Crippen LogP contribution is -2.15. The Labute approximate surface area is 141 Å². The van der Waals surface area contributed by atoms with Crippen LogP contribution in [0.25, 0.3) is 0 Å². The molecule has 2 aromatic rings. The van der Waals surface area contributed by atoms with Crippen molar-refractivity contribution in [3.63, 3.8) is 0 Å². The van der Waals surface area contributed by atoms with E-state index in [0.717, 1.165) is 12.8 Å². The molecule has 24 heavy (non-hydrogen) atoms. The minimum absolute atomic E-state index is 0.0418. The zero-order valence-electron chi connectivity index (χ0n) is 13.5. The molecule has 1 aliphatic carbocycles. The zero-order valence-corrected chi connectivity index (χ0v) is 13.5. The first-order chi connectivity index (χ1) is 11.7. The van der Waals surface area contributed by atoms with Gasteiger partial charge in [0.15, 0.2) is 0 Å². The maximum Gasteiger partial charge on any atom is 0.259 e. The highest BCUT2D eigenvalue weighted by atomic mass is 16.5. The van der Waals surface area contributed by atoms with E-state index in [0.29, 0.717) is 29.3 Å². The monoisotopic (exact) mass is 324 g/mol. The number of hydrogen-bond donors (Lipinski definition) is 2. The molecule has 5 heteroatoms. The lowest BCUT2D eigenvalue weighted by atomic mass is 10.1. The van der Waals surface area contributed by atoms with Crippen LogP contribution < -0.4 is 15.4 Å². The van der Waals surface area contributed by atoms with Crippen molar-refractivity contribution >= 4 is 23.2 Å². The molecule has 0 aromatic heterocycles. The molecule has 0 heterocycles. The van der Waals surface area contributed by atoms with E-state index in [4.69, 9.17) is 4.74 Å². The van der Waals surface area contributed by atoms with E-state index >= 15 is 0 Å². The average molecular weight is 324 g/mol. The Balaban J connectivity index is 1.71. The summed E-state index contributed by atoms with van der Waals surface area (Å²) in [5.41, 5.74) is 1.79. The zero-order chi connectivity index (χ0) is 16.9. The highest BCUT2D eigenvalue weighted by molar-refractivity contribution is 6.06. The summed E-state index contributed by atoms with van der Waals surface area (Å²) in [7, 11) is 0. The number of anilines is 2. The number of carbonyl (C=O) groups is 2. The highest BCUT2D eigenvalue weighted by Gasteiger charge is 2.29. The Bertz CT molecular complexity index is 754. The summed E-state index contributed by atoms with van der Waals surface area (Å²) in [6.07, 6.45) is 1.91. The van der Waals surface area contributed by atoms with Gasteiger partial charge in [-0.25, -0.2) is 0 Å². The van der Waals surface area contributed by atoms with Crippen LogP contribution in [0.5, 0.6) is 5.75 Å². The van der Waals surface area contributed by atoms with Gasteiger partial charge in [-0.05, 0) is 50.1 Å². The van der Waals surface area contributed by atoms with E-state index in [1.165, 1.54) is 0 Å². The maximum absolute atomic E-state index is 12.5. The molecule has 2 N–H and O–H groups in total. The van der Waals surface area contributed by atoms with E-state index in [1.807, 2.05) is 19.1 Å². The van der Waals surface area contributed by atoms with Crippen molar-refractivity contribution in [2.24, 2.45) is 5.92 Å². The van der Waals surface area contributed by atoms with Crippen molar-refractivity contribution < 1.29 is 14.3 Å². The van der Waals surface area contributed by atoms with E-state index < -0.39 is 0 Å². The third kappa shape index (κ3) is 3.93. The number of nitrogens with one attached hydrogen (secondary N) is 2. The van der Waals surface area contributed by atoms with Crippen LogP contribution in [0.4, 0.5) is 11.4 Å². The molecule has 3 rings (SSSR count). The molecule has 0 aliphatic heterocycles. The van der Waals surface area contributed by atoms with E-state index in [1.54, 1.807) is 36.4 Å². The quantitative estimate of drug-likeness (QED) is 0.851. The molecule has 2 aromatic carbocycles. The molecular formula is C19H20N2O3. The SMILES string of the molecule is CCOc1ccccc1C(=O)Nc1cccc(NC(=O)C2CC2)c1. The molecule has 2 amide bonds. The third-order valence-corrected chi connectivity index (χ3v) is 3.77. The Morgan fingerprint density at radius 2 is 1.75 bits per heavy atom. The van der Waals surface area contributed by atoms with Crippen molar-refractivity contribution in [3.8, 4) is 5.75 Å². The number of benzene rings is 2. The van der Waals surface area contributed by atoms with Crippen LogP contribution in [0.2, 0.25) is 0 Å². The van der Waals surface area contributed by atoms with Crippen LogP contribution in [-0.4, -0.2) is 18.4 Å². The third-order valence-electron chi connectivity index (χ3n) is 3.77. The van der Waals surface area contributed by atoms with Crippen LogP contribution >= 0.6 is 0 Å². The summed E-state index contributed by atoms with van der Waals surface area (Å²) < 4.78 is 5.49. The minimum atomic E-state index is -0.246. The fraction of sp³-hybridized carbons (Fsp3) is 0.263. The fourth-order valence-electron chi connectivity index (χ4n) is 2.40. The van der Waals surface area contributed by atoms with Gasteiger partial charge >= 0.3 is 0 Å². The molecule has 5 nitrogen and oxygen atoms in total. The fourth-order valence-corrected chi connectivity index (χ4v) is 2.40. The van der Waals surface area contributed by atoms with Crippen LogP contribution in [0.1, 0.15) is 30.1 Å². The molecule has 0 unspecified atom stereocenters. The number of hydrogen-bond acceptors (Lipinski definition) is 3. The van der Waals surface area contributed by atoms with Gasteiger partial charge in [0, 0.05) is 17.3 Å². The first kappa shape index (κ1) is 16.1. The summed E-state index contributed by atoms with van der Waals surface area (Å²) >= 11 is 0. The number of ether oxygens (including phenoxy) is 1. The topological polar surface area (TPSA) is 67.4 Å². The predicted molar refractivity (Wildman–Crippen MR) is 93.4 cm³/mol. The van der Waals surface area contributed by atoms with Crippen molar-refractivity contribution in [2.45, 2.75) is 19.8 Å². The van der Waals surface area contributed by atoms with Gasteiger partial charge < -0.3 is 15.4 Å². The van der Waals surface area contributed by atoms with E-state index in [-0.39, 0.29) is 17.7 Å². The van der Waals surface area contributed by atoms with Crippen molar-refractivity contribution in [1.29, 1.82) is 0 Å². The second-order valence-corrected chi connectivity index (χ2v) is 5.73. The lowest BCUT2D eigenvalue weighted by Gasteiger charge is -2.11. The number of amides is 2. The van der Waals surface area contributed by atoms with Crippen LogP contribution in [0.3, 0.4) is 0 Å². The Morgan fingerprint density at radius 3 is 2.46 bits per heavy atom. The molecule has 1 fully saturated rings. The molecule has 0 atom stereocenters. The van der Waals surface area contributed by atoms with Gasteiger partial charge in [-0.15, -0.1) is 0 Å². The van der Waals surface area contributed by atoms with Crippen LogP contribution in [0.15, 0.2) is 48.5 Å². The van der Waals surface area contributed by atoms with Gasteiger partial charge in [-0.1, -0.05) is 18.2 Å². The average Bonchev–Trinajstić information content (AvgIpc) is 3.41. The largest absolute Gasteiger partial charge is 0.493 e. The summed E-state index contributed by atoms with van der Waals surface area (Å²) in [5.74, 6) is 0.488. The Kier molecular flexibility index (Phi) is 4.79. The van der Waals surface area contributed by atoms with Gasteiger partial charge in [0.1, 0.15) is 5.75 Å². The van der Waals surface area contributed by atoms with Gasteiger partial charge in [0.25, 0.3) is 5.91 Å². The van der Waals surface area contributed by atoms with Crippen molar-refractivity contribution in [3.05, 3.63) is 54.1 Å². The van der Waals surface area contributed by atoms with Crippen LogP contribution in [-0.2, 0) is 4.79 Å². The first-order valence-electron chi connectivity index (χ1n) is 8.11. The molecule has 1 aliphatic rings. The molecular weight excluding hydrogens is 304 g/mol. The summed E-state index contributed by atoms with van der Waals surface area (Å²) in [5, 5.41) is 5.72. The Hall–Kier alpha value is -2.82. The van der Waals surface area contributed by atoms with Gasteiger partial charge in [-0.3, -0.25) is 9.59 Å². The summed E-state index contributed by atoms with van der Waals surface area (Å²) in [6.45, 7) is 2.37. The second-order valence-electron chi connectivity index (χ2n) is 5.73. The summed E-state index contributed by atoms with van der Waals surface area (Å²) in [4.78, 5) is 24.3. The number of rotatable bonds is 6. The smallest absolute Gasteiger partial charge is 0.259 e. The number of carbonyl (C=O) groups excluding carboxylic acids is 2. The van der Waals surface area contributed by atoms with Gasteiger partial charge in [-0.2, -0.15) is 0 Å². The molecule has 0 saturated heterocycles. The first-order valence-corrected chi connectivity index (χ1v) is 8.11. The maximum atomic E-state index is 12.5. The molecule has 0 spiro atoms. The van der Waals surface area contributed by atoms with E-state index in [9.17, 15) is 9.59 Å². The highest BCUT2D eigenvalue weighted by Crippen LogP contribution is 2.30. The van der Waals surface area contributed by atoms with E-state index in [2.05, 4.69) is 10.6 Å². The minimum Gasteiger partial charge on any atom is -0.493 e. The molecule has 0 bridgehead atoms. The van der Waals surface area contributed by atoms with Crippen molar-refractivity contribution in [1.82, 2.24) is 0 Å². The van der Waals surface area contributed by atoms with Gasteiger partial charge in [0.2, 0.25) is 5.91 Å². The molecule has 0 radical (unpaired) electrons. The Morgan fingerprint density at radius 1 is 1.04 bits per heavy atom.